The SMILES string of the molecule is CCC(NC)C(CC1CCCCC1)NC(=O)N1CCCC(COCCOC(=O)NC)C1c1cccc(Cl)c1. The Kier molecular flexibility index (Phi) is 13.0. The van der Waals surface area contributed by atoms with Crippen LogP contribution in [0, 0.1) is 11.8 Å². The topological polar surface area (TPSA) is 91.9 Å². The van der Waals surface area contributed by atoms with Crippen LogP contribution in [0.2, 0.25) is 5.02 Å². The highest BCUT2D eigenvalue weighted by atomic mass is 35.5. The lowest BCUT2D eigenvalue weighted by atomic mass is 9.82. The first kappa shape index (κ1) is 30.5. The average molecular weight is 551 g/mol. The van der Waals surface area contributed by atoms with Gasteiger partial charge < -0.3 is 30.3 Å². The van der Waals surface area contributed by atoms with E-state index in [1.54, 1.807) is 0 Å². The summed E-state index contributed by atoms with van der Waals surface area (Å²) < 4.78 is 11.0. The zero-order valence-corrected chi connectivity index (χ0v) is 24.1. The van der Waals surface area contributed by atoms with Crippen LogP contribution in [-0.4, -0.2) is 69.6 Å². The summed E-state index contributed by atoms with van der Waals surface area (Å²) in [6.45, 7) is 3.83. The number of nitrogens with one attached hydrogen (secondary N) is 3. The largest absolute Gasteiger partial charge is 0.447 e. The Bertz CT molecular complexity index is 863. The zero-order valence-electron chi connectivity index (χ0n) is 23.3. The smallest absolute Gasteiger partial charge is 0.406 e. The normalized spacial score (nSPS) is 21.9. The van der Waals surface area contributed by atoms with Crippen LogP contribution in [0.4, 0.5) is 9.59 Å². The monoisotopic (exact) mass is 550 g/mol. The zero-order chi connectivity index (χ0) is 27.3. The van der Waals surface area contributed by atoms with E-state index in [4.69, 9.17) is 21.1 Å². The Morgan fingerprint density at radius 2 is 1.87 bits per heavy atom. The van der Waals surface area contributed by atoms with Gasteiger partial charge in [0.05, 0.1) is 19.3 Å². The minimum absolute atomic E-state index is 0.0165. The Morgan fingerprint density at radius 3 is 2.55 bits per heavy atom. The van der Waals surface area contributed by atoms with E-state index in [1.807, 2.05) is 36.2 Å². The van der Waals surface area contributed by atoms with E-state index in [0.717, 1.165) is 31.2 Å². The fourth-order valence-electron chi connectivity index (χ4n) is 6.16. The number of piperidine rings is 1. The van der Waals surface area contributed by atoms with Crippen molar-refractivity contribution in [2.45, 2.75) is 82.8 Å². The first-order chi connectivity index (χ1) is 18.5. The molecule has 0 spiro atoms. The van der Waals surface area contributed by atoms with Crippen molar-refractivity contribution in [3.05, 3.63) is 34.9 Å². The molecule has 2 aliphatic rings. The molecule has 0 radical (unpaired) electrons. The molecular weight excluding hydrogens is 504 g/mol. The second-order valence-electron chi connectivity index (χ2n) is 10.7. The predicted molar refractivity (Wildman–Crippen MR) is 152 cm³/mol. The first-order valence-electron chi connectivity index (χ1n) is 14.4. The first-order valence-corrected chi connectivity index (χ1v) is 14.8. The number of ether oxygens (including phenoxy) is 2. The molecule has 3 rings (SSSR count). The fourth-order valence-corrected chi connectivity index (χ4v) is 6.36. The molecule has 38 heavy (non-hydrogen) atoms. The van der Waals surface area contributed by atoms with Crippen LogP contribution >= 0.6 is 11.6 Å². The molecule has 1 aromatic rings. The summed E-state index contributed by atoms with van der Waals surface area (Å²) in [5, 5.41) is 9.99. The third-order valence-corrected chi connectivity index (χ3v) is 8.36. The number of urea groups is 1. The van der Waals surface area contributed by atoms with Crippen molar-refractivity contribution in [3.8, 4) is 0 Å². The van der Waals surface area contributed by atoms with Crippen molar-refractivity contribution in [2.75, 3.05) is 40.5 Å². The predicted octanol–water partition coefficient (Wildman–Crippen LogP) is 5.51. The number of hydrogen-bond donors (Lipinski definition) is 3. The van der Waals surface area contributed by atoms with E-state index in [0.29, 0.717) is 30.7 Å². The van der Waals surface area contributed by atoms with Crippen molar-refractivity contribution >= 4 is 23.7 Å². The fraction of sp³-hybridized carbons (Fsp3) is 0.724. The standard InChI is InChI=1S/C29H47ClN4O4/c1-4-25(31-2)26(18-21-10-6-5-7-11-21)33-28(35)34-15-9-13-23(20-37-16-17-38-29(36)32-3)27(34)22-12-8-14-24(30)19-22/h8,12,14,19,21,23,25-27,31H,4-7,9-11,13,15-18,20H2,1-3H3,(H,32,36)(H,33,35). The van der Waals surface area contributed by atoms with Gasteiger partial charge in [-0.15, -0.1) is 0 Å². The number of amides is 3. The number of likely N-dealkylation sites (N-methyl/N-ethyl adjacent to an activating group) is 1. The van der Waals surface area contributed by atoms with Gasteiger partial charge in [-0.2, -0.15) is 0 Å². The van der Waals surface area contributed by atoms with Crippen LogP contribution in [0.1, 0.15) is 76.3 Å². The highest BCUT2D eigenvalue weighted by Gasteiger charge is 2.37. The Labute approximate surface area is 233 Å². The summed E-state index contributed by atoms with van der Waals surface area (Å²) in [4.78, 5) is 27.2. The van der Waals surface area contributed by atoms with Gasteiger partial charge in [0.1, 0.15) is 6.61 Å². The molecule has 1 aromatic carbocycles. The van der Waals surface area contributed by atoms with E-state index in [-0.39, 0.29) is 36.7 Å². The van der Waals surface area contributed by atoms with E-state index >= 15 is 0 Å². The second-order valence-corrected chi connectivity index (χ2v) is 11.1. The van der Waals surface area contributed by atoms with Gasteiger partial charge in [-0.25, -0.2) is 9.59 Å². The molecule has 214 valence electrons. The Balaban J connectivity index is 1.73. The number of rotatable bonds is 12. The third-order valence-electron chi connectivity index (χ3n) is 8.12. The number of benzene rings is 1. The molecule has 2 fully saturated rings. The van der Waals surface area contributed by atoms with E-state index in [2.05, 4.69) is 22.9 Å². The summed E-state index contributed by atoms with van der Waals surface area (Å²) in [7, 11) is 3.52. The van der Waals surface area contributed by atoms with Crippen LogP contribution in [0.5, 0.6) is 0 Å². The quantitative estimate of drug-likeness (QED) is 0.298. The van der Waals surface area contributed by atoms with Crippen molar-refractivity contribution < 1.29 is 19.1 Å². The molecule has 9 heteroatoms. The van der Waals surface area contributed by atoms with Gasteiger partial charge in [-0.3, -0.25) is 0 Å². The molecule has 1 aliphatic carbocycles. The van der Waals surface area contributed by atoms with Crippen molar-refractivity contribution in [1.29, 1.82) is 0 Å². The molecule has 1 saturated carbocycles. The second kappa shape index (κ2) is 16.2. The minimum atomic E-state index is -0.472. The molecule has 1 heterocycles. The molecule has 4 unspecified atom stereocenters. The van der Waals surface area contributed by atoms with E-state index in [9.17, 15) is 9.59 Å². The van der Waals surface area contributed by atoms with E-state index < -0.39 is 6.09 Å². The molecule has 1 saturated heterocycles. The molecule has 0 bridgehead atoms. The Hall–Kier alpha value is -2.03. The average Bonchev–Trinajstić information content (AvgIpc) is 2.93. The number of halogens is 1. The molecule has 1 aliphatic heterocycles. The lowest BCUT2D eigenvalue weighted by Crippen LogP contribution is -2.55. The van der Waals surface area contributed by atoms with Crippen LogP contribution in [0.3, 0.4) is 0 Å². The molecule has 3 amide bonds. The van der Waals surface area contributed by atoms with Gasteiger partial charge in [0.2, 0.25) is 0 Å². The van der Waals surface area contributed by atoms with E-state index in [1.165, 1.54) is 39.2 Å². The number of carbonyl (C=O) groups excluding carboxylic acids is 2. The van der Waals surface area contributed by atoms with Crippen LogP contribution < -0.4 is 16.0 Å². The summed E-state index contributed by atoms with van der Waals surface area (Å²) in [5.74, 6) is 0.774. The highest BCUT2D eigenvalue weighted by Crippen LogP contribution is 2.37. The summed E-state index contributed by atoms with van der Waals surface area (Å²) in [6, 6.07) is 7.96. The molecule has 4 atom stereocenters. The highest BCUT2D eigenvalue weighted by molar-refractivity contribution is 6.30. The molecular formula is C29H47ClN4O4. The third kappa shape index (κ3) is 9.02. The molecule has 3 N–H and O–H groups in total. The lowest BCUT2D eigenvalue weighted by molar-refractivity contribution is 0.0166. The van der Waals surface area contributed by atoms with Crippen molar-refractivity contribution in [1.82, 2.24) is 20.9 Å². The number of likely N-dealkylation sites (tertiary alicyclic amines) is 1. The maximum atomic E-state index is 13.9. The Morgan fingerprint density at radius 1 is 1.08 bits per heavy atom. The molecule has 0 aromatic heterocycles. The maximum Gasteiger partial charge on any atom is 0.406 e. The van der Waals surface area contributed by atoms with Gasteiger partial charge in [0.15, 0.2) is 0 Å². The van der Waals surface area contributed by atoms with Crippen LogP contribution in [0.15, 0.2) is 24.3 Å². The number of carbonyl (C=O) groups is 2. The van der Waals surface area contributed by atoms with Gasteiger partial charge in [0.25, 0.3) is 0 Å². The van der Waals surface area contributed by atoms with Gasteiger partial charge in [-0.1, -0.05) is 62.8 Å². The summed E-state index contributed by atoms with van der Waals surface area (Å²) in [5.41, 5.74) is 1.02. The van der Waals surface area contributed by atoms with Crippen molar-refractivity contribution in [3.63, 3.8) is 0 Å². The minimum Gasteiger partial charge on any atom is -0.447 e. The number of hydrogen-bond acceptors (Lipinski definition) is 5. The number of nitrogens with zero attached hydrogens (tertiary/aromatic N) is 1. The summed E-state index contributed by atoms with van der Waals surface area (Å²) >= 11 is 6.39. The van der Waals surface area contributed by atoms with Gasteiger partial charge in [0, 0.05) is 36.6 Å². The maximum absolute atomic E-state index is 13.9. The summed E-state index contributed by atoms with van der Waals surface area (Å²) in [6.07, 6.45) is 9.77. The van der Waals surface area contributed by atoms with Crippen LogP contribution in [-0.2, 0) is 9.47 Å². The lowest BCUT2D eigenvalue weighted by Gasteiger charge is -2.43. The number of alkyl carbamates (subject to hydrolysis) is 1. The molecule has 8 nitrogen and oxygen atoms in total. The van der Waals surface area contributed by atoms with Crippen molar-refractivity contribution in [2.24, 2.45) is 11.8 Å². The van der Waals surface area contributed by atoms with Crippen LogP contribution in [0.25, 0.3) is 0 Å². The van der Waals surface area contributed by atoms with Gasteiger partial charge in [-0.05, 0) is 56.3 Å². The van der Waals surface area contributed by atoms with Gasteiger partial charge >= 0.3 is 12.1 Å².